The van der Waals surface area contributed by atoms with E-state index >= 15 is 0 Å². The topological polar surface area (TPSA) is 86.5 Å². The van der Waals surface area contributed by atoms with Gasteiger partial charge in [0.15, 0.2) is 17.0 Å². The second kappa shape index (κ2) is 9.50. The molecule has 12 heteroatoms. The predicted molar refractivity (Wildman–Crippen MR) is 115 cm³/mol. The molecule has 0 amide bonds. The highest BCUT2D eigenvalue weighted by molar-refractivity contribution is 6.35. The van der Waals surface area contributed by atoms with Crippen molar-refractivity contribution in [2.45, 2.75) is 37.3 Å². The molecule has 0 spiro atoms. The first-order valence-corrected chi connectivity index (χ1v) is 10.7. The van der Waals surface area contributed by atoms with Crippen molar-refractivity contribution < 1.29 is 36.8 Å². The average molecular weight is 522 g/mol. The van der Waals surface area contributed by atoms with E-state index in [0.717, 1.165) is 0 Å². The van der Waals surface area contributed by atoms with E-state index in [1.807, 2.05) is 0 Å². The Labute approximate surface area is 200 Å². The predicted octanol–water partition coefficient (Wildman–Crippen LogP) is 5.76. The molecule has 0 bridgehead atoms. The maximum atomic E-state index is 14.5. The van der Waals surface area contributed by atoms with Crippen molar-refractivity contribution in [2.75, 3.05) is 13.7 Å². The summed E-state index contributed by atoms with van der Waals surface area (Å²) in [5, 5.41) is 9.80. The highest BCUT2D eigenvalue weighted by Crippen LogP contribution is 2.47. The SMILES string of the molecule is COC(=O)c1ccc(C(=O)CC(C[N+](=O)[O-])(c2cc(Cl)c(F)c(Cl)c2)C(F)(F)F)c2c1CCC2. The van der Waals surface area contributed by atoms with E-state index in [2.05, 4.69) is 0 Å². The van der Waals surface area contributed by atoms with Gasteiger partial charge in [0.2, 0.25) is 6.54 Å². The van der Waals surface area contributed by atoms with Crippen molar-refractivity contribution in [3.05, 3.63) is 78.1 Å². The third-order valence-electron chi connectivity index (χ3n) is 5.93. The lowest BCUT2D eigenvalue weighted by Gasteiger charge is -2.32. The monoisotopic (exact) mass is 521 g/mol. The normalized spacial score (nSPS) is 14.9. The maximum absolute atomic E-state index is 14.5. The Balaban J connectivity index is 2.17. The Morgan fingerprint density at radius 1 is 1.09 bits per heavy atom. The number of ketones is 1. The summed E-state index contributed by atoms with van der Waals surface area (Å²) in [6.07, 6.45) is -5.33. The van der Waals surface area contributed by atoms with Crippen molar-refractivity contribution in [1.82, 2.24) is 0 Å². The van der Waals surface area contributed by atoms with Gasteiger partial charge in [0, 0.05) is 16.9 Å². The van der Waals surface area contributed by atoms with Gasteiger partial charge in [-0.15, -0.1) is 0 Å². The zero-order valence-electron chi connectivity index (χ0n) is 17.6. The molecule has 1 aliphatic rings. The summed E-state index contributed by atoms with van der Waals surface area (Å²) >= 11 is 11.4. The molecule has 0 aliphatic heterocycles. The fourth-order valence-electron chi connectivity index (χ4n) is 4.29. The molecule has 1 atom stereocenters. The molecular formula is C22H17Cl2F4NO5. The van der Waals surface area contributed by atoms with Gasteiger partial charge in [-0.25, -0.2) is 9.18 Å². The number of carbonyl (C=O) groups excluding carboxylic acids is 2. The van der Waals surface area contributed by atoms with Crippen LogP contribution in [0.5, 0.6) is 0 Å². The number of carbonyl (C=O) groups is 2. The van der Waals surface area contributed by atoms with Crippen LogP contribution in [0.2, 0.25) is 10.0 Å². The number of Topliss-reactive ketones (excluding diaryl/α,β-unsaturated/α-hetero) is 1. The van der Waals surface area contributed by atoms with E-state index in [4.69, 9.17) is 27.9 Å². The highest BCUT2D eigenvalue weighted by atomic mass is 35.5. The zero-order valence-corrected chi connectivity index (χ0v) is 19.1. The summed E-state index contributed by atoms with van der Waals surface area (Å²) in [4.78, 5) is 35.4. The molecule has 34 heavy (non-hydrogen) atoms. The molecule has 3 rings (SSSR count). The standard InChI is InChI=1S/C22H17Cl2F4NO5/c1-34-20(31)15-6-5-14(12-3-2-4-13(12)15)18(30)9-21(10-29(32)33,22(26,27)28)11-7-16(23)19(25)17(24)8-11/h5-8H,2-4,9-10H2,1H3. The zero-order chi connectivity index (χ0) is 25.4. The third-order valence-corrected chi connectivity index (χ3v) is 6.48. The van der Waals surface area contributed by atoms with Gasteiger partial charge in [-0.3, -0.25) is 14.9 Å². The quantitative estimate of drug-likeness (QED) is 0.115. The summed E-state index contributed by atoms with van der Waals surface area (Å²) < 4.78 is 62.0. The lowest BCUT2D eigenvalue weighted by Crippen LogP contribution is -2.49. The van der Waals surface area contributed by atoms with Crippen LogP contribution < -0.4 is 0 Å². The smallest absolute Gasteiger partial charge is 0.405 e. The lowest BCUT2D eigenvalue weighted by atomic mass is 9.74. The average Bonchev–Trinajstić information content (AvgIpc) is 3.24. The molecule has 0 aromatic heterocycles. The molecule has 0 saturated carbocycles. The Morgan fingerprint density at radius 3 is 2.12 bits per heavy atom. The minimum atomic E-state index is -5.30. The summed E-state index contributed by atoms with van der Waals surface area (Å²) in [6, 6.07) is 3.70. The van der Waals surface area contributed by atoms with Gasteiger partial charge in [-0.1, -0.05) is 29.3 Å². The van der Waals surface area contributed by atoms with Crippen molar-refractivity contribution >= 4 is 35.0 Å². The van der Waals surface area contributed by atoms with E-state index < -0.39 is 62.7 Å². The van der Waals surface area contributed by atoms with Crippen LogP contribution in [-0.4, -0.2) is 36.5 Å². The van der Waals surface area contributed by atoms with Gasteiger partial charge >= 0.3 is 12.1 Å². The number of alkyl halides is 3. The molecule has 1 aliphatic carbocycles. The lowest BCUT2D eigenvalue weighted by molar-refractivity contribution is -0.501. The number of nitrogens with zero attached hydrogens (tertiary/aromatic N) is 1. The van der Waals surface area contributed by atoms with Crippen LogP contribution in [0, 0.1) is 15.9 Å². The summed E-state index contributed by atoms with van der Waals surface area (Å²) in [7, 11) is 1.18. The number of fused-ring (bicyclic) bond motifs is 1. The van der Waals surface area contributed by atoms with Crippen LogP contribution in [0.3, 0.4) is 0 Å². The largest absolute Gasteiger partial charge is 0.465 e. The minimum Gasteiger partial charge on any atom is -0.465 e. The first kappa shape index (κ1) is 25.9. The van der Waals surface area contributed by atoms with Gasteiger partial charge in [-0.05, 0) is 54.2 Å². The van der Waals surface area contributed by atoms with Gasteiger partial charge in [-0.2, -0.15) is 13.2 Å². The van der Waals surface area contributed by atoms with Gasteiger partial charge in [0.25, 0.3) is 0 Å². The first-order valence-electron chi connectivity index (χ1n) is 9.92. The molecule has 1 unspecified atom stereocenters. The molecule has 0 heterocycles. The number of ether oxygens (including phenoxy) is 1. The van der Waals surface area contributed by atoms with Crippen molar-refractivity contribution in [3.8, 4) is 0 Å². The van der Waals surface area contributed by atoms with Gasteiger partial charge in [0.1, 0.15) is 0 Å². The number of rotatable bonds is 7. The van der Waals surface area contributed by atoms with Gasteiger partial charge < -0.3 is 4.74 Å². The van der Waals surface area contributed by atoms with E-state index in [0.29, 0.717) is 42.5 Å². The number of hydrogen-bond donors (Lipinski definition) is 0. The molecule has 182 valence electrons. The molecule has 6 nitrogen and oxygen atoms in total. The summed E-state index contributed by atoms with van der Waals surface area (Å²) in [6.45, 7) is -1.71. The van der Waals surface area contributed by atoms with E-state index in [1.165, 1.54) is 19.2 Å². The number of methoxy groups -OCH3 is 1. The van der Waals surface area contributed by atoms with Crippen LogP contribution in [-0.2, 0) is 23.0 Å². The van der Waals surface area contributed by atoms with Crippen molar-refractivity contribution in [1.29, 1.82) is 0 Å². The van der Waals surface area contributed by atoms with E-state index in [1.54, 1.807) is 0 Å². The molecule has 0 N–H and O–H groups in total. The number of nitro groups is 1. The Hall–Kier alpha value is -2.72. The molecule has 0 radical (unpaired) electrons. The van der Waals surface area contributed by atoms with Crippen LogP contribution in [0.1, 0.15) is 50.2 Å². The van der Waals surface area contributed by atoms with Crippen LogP contribution in [0.4, 0.5) is 17.6 Å². The van der Waals surface area contributed by atoms with Crippen LogP contribution in [0.25, 0.3) is 0 Å². The highest BCUT2D eigenvalue weighted by Gasteiger charge is 2.61. The minimum absolute atomic E-state index is 0.0727. The Bertz CT molecular complexity index is 1160. The second-order valence-corrected chi connectivity index (χ2v) is 8.70. The third kappa shape index (κ3) is 4.61. The van der Waals surface area contributed by atoms with Crippen molar-refractivity contribution in [3.63, 3.8) is 0 Å². The number of hydrogen-bond acceptors (Lipinski definition) is 5. The van der Waals surface area contributed by atoms with Crippen LogP contribution >= 0.6 is 23.2 Å². The summed E-state index contributed by atoms with van der Waals surface area (Å²) in [5.41, 5.74) is -3.10. The fraction of sp³-hybridized carbons (Fsp3) is 0.364. The molecule has 0 fully saturated rings. The number of halogens is 6. The molecular weight excluding hydrogens is 505 g/mol. The molecule has 0 saturated heterocycles. The molecule has 2 aromatic carbocycles. The first-order chi connectivity index (χ1) is 15.8. The molecule has 2 aromatic rings. The van der Waals surface area contributed by atoms with Crippen LogP contribution in [0.15, 0.2) is 24.3 Å². The number of esters is 1. The van der Waals surface area contributed by atoms with E-state index in [-0.39, 0.29) is 11.1 Å². The van der Waals surface area contributed by atoms with Gasteiger partial charge in [0.05, 0.1) is 22.7 Å². The Kier molecular flexibility index (Phi) is 7.23. The summed E-state index contributed by atoms with van der Waals surface area (Å²) in [5.74, 6) is -2.86. The number of benzene rings is 2. The Morgan fingerprint density at radius 2 is 1.62 bits per heavy atom. The maximum Gasteiger partial charge on any atom is 0.405 e. The van der Waals surface area contributed by atoms with E-state index in [9.17, 15) is 37.3 Å². The fourth-order valence-corrected chi connectivity index (χ4v) is 4.78. The van der Waals surface area contributed by atoms with Crippen molar-refractivity contribution in [2.24, 2.45) is 0 Å². The second-order valence-electron chi connectivity index (χ2n) is 7.89.